The molecule has 28 heavy (non-hydrogen) atoms. The Kier molecular flexibility index (Phi) is 5.27. The minimum absolute atomic E-state index is 0.183. The second-order valence-electron chi connectivity index (χ2n) is 6.37. The monoisotopic (exact) mass is 387 g/mol. The first kappa shape index (κ1) is 18.1. The number of ether oxygens (including phenoxy) is 1. The molecule has 0 saturated heterocycles. The van der Waals surface area contributed by atoms with Gasteiger partial charge in [-0.2, -0.15) is 0 Å². The second-order valence-corrected chi connectivity index (χ2v) is 6.78. The molecule has 4 rings (SSSR count). The van der Waals surface area contributed by atoms with Gasteiger partial charge in [0, 0.05) is 16.0 Å². The number of pyridine rings is 1. The van der Waals surface area contributed by atoms with Crippen LogP contribution in [0, 0.1) is 0 Å². The maximum atomic E-state index is 9.98. The molecule has 0 bridgehead atoms. The van der Waals surface area contributed by atoms with E-state index in [0.29, 0.717) is 17.1 Å². The average Bonchev–Trinajstić information content (AvgIpc) is 2.72. The quantitative estimate of drug-likeness (QED) is 0.434. The topological polar surface area (TPSA) is 42.4 Å². The van der Waals surface area contributed by atoms with Crippen LogP contribution in [-0.2, 0) is 6.61 Å². The Labute approximate surface area is 168 Å². The summed E-state index contributed by atoms with van der Waals surface area (Å²) in [5, 5.41) is 11.6. The maximum absolute atomic E-state index is 9.98. The standard InChI is InChI=1S/C24H18ClNO2/c25-22-9-2-1-6-19(22)16-28-21-8-3-5-17(15-21)11-13-20-14-12-18-7-4-10-23(27)24(18)26-20/h1-15,27H,16H2/b13-11+. The summed E-state index contributed by atoms with van der Waals surface area (Å²) >= 11 is 6.18. The van der Waals surface area contributed by atoms with Crippen molar-refractivity contribution in [2.45, 2.75) is 6.61 Å². The average molecular weight is 388 g/mol. The lowest BCUT2D eigenvalue weighted by Gasteiger charge is -2.08. The molecule has 4 heteroatoms. The number of para-hydroxylation sites is 1. The molecule has 0 saturated carbocycles. The Hall–Kier alpha value is -3.30. The number of phenols is 1. The van der Waals surface area contributed by atoms with Crippen LogP contribution in [0.25, 0.3) is 23.1 Å². The third-order valence-corrected chi connectivity index (χ3v) is 4.75. The third-order valence-electron chi connectivity index (χ3n) is 4.38. The van der Waals surface area contributed by atoms with Crippen molar-refractivity contribution in [3.8, 4) is 11.5 Å². The van der Waals surface area contributed by atoms with Gasteiger partial charge in [0.05, 0.1) is 5.69 Å². The number of nitrogens with zero attached hydrogens (tertiary/aromatic N) is 1. The van der Waals surface area contributed by atoms with Gasteiger partial charge in [-0.05, 0) is 42.0 Å². The van der Waals surface area contributed by atoms with Crippen LogP contribution < -0.4 is 4.74 Å². The summed E-state index contributed by atoms with van der Waals surface area (Å²) < 4.78 is 5.87. The highest BCUT2D eigenvalue weighted by atomic mass is 35.5. The molecule has 1 aromatic heterocycles. The Balaban J connectivity index is 1.50. The van der Waals surface area contributed by atoms with Gasteiger partial charge in [0.25, 0.3) is 0 Å². The zero-order valence-corrected chi connectivity index (χ0v) is 15.8. The van der Waals surface area contributed by atoms with Crippen molar-refractivity contribution in [1.29, 1.82) is 0 Å². The highest BCUT2D eigenvalue weighted by Gasteiger charge is 2.02. The van der Waals surface area contributed by atoms with Gasteiger partial charge in [-0.25, -0.2) is 4.98 Å². The first-order valence-corrected chi connectivity index (χ1v) is 9.30. The summed E-state index contributed by atoms with van der Waals surface area (Å²) in [6.07, 6.45) is 3.88. The van der Waals surface area contributed by atoms with E-state index in [1.165, 1.54) is 0 Å². The number of aromatic hydroxyl groups is 1. The van der Waals surface area contributed by atoms with E-state index in [-0.39, 0.29) is 5.75 Å². The predicted octanol–water partition coefficient (Wildman–Crippen LogP) is 6.34. The van der Waals surface area contributed by atoms with Crippen LogP contribution in [0.5, 0.6) is 11.5 Å². The minimum Gasteiger partial charge on any atom is -0.506 e. The Bertz CT molecular complexity index is 1150. The lowest BCUT2D eigenvalue weighted by molar-refractivity contribution is 0.306. The van der Waals surface area contributed by atoms with Crippen LogP contribution in [0.1, 0.15) is 16.8 Å². The van der Waals surface area contributed by atoms with E-state index < -0.39 is 0 Å². The van der Waals surface area contributed by atoms with Gasteiger partial charge < -0.3 is 9.84 Å². The first-order valence-electron chi connectivity index (χ1n) is 8.92. The van der Waals surface area contributed by atoms with Gasteiger partial charge in [0.1, 0.15) is 23.6 Å². The number of benzene rings is 3. The second kappa shape index (κ2) is 8.15. The number of hydrogen-bond donors (Lipinski definition) is 1. The summed E-state index contributed by atoms with van der Waals surface area (Å²) in [4.78, 5) is 4.52. The van der Waals surface area contributed by atoms with Gasteiger partial charge in [-0.15, -0.1) is 0 Å². The number of halogens is 1. The summed E-state index contributed by atoms with van der Waals surface area (Å²) in [6, 6.07) is 24.7. The molecule has 1 heterocycles. The lowest BCUT2D eigenvalue weighted by atomic mass is 10.1. The molecule has 0 atom stereocenters. The Morgan fingerprint density at radius 2 is 1.75 bits per heavy atom. The molecule has 3 aromatic carbocycles. The van der Waals surface area contributed by atoms with Crippen molar-refractivity contribution in [3.05, 3.63) is 101 Å². The first-order chi connectivity index (χ1) is 13.7. The van der Waals surface area contributed by atoms with Gasteiger partial charge in [0.15, 0.2) is 0 Å². The van der Waals surface area contributed by atoms with Gasteiger partial charge in [0.2, 0.25) is 0 Å². The molecule has 0 aliphatic heterocycles. The van der Waals surface area contributed by atoms with Crippen molar-refractivity contribution in [1.82, 2.24) is 4.98 Å². The van der Waals surface area contributed by atoms with Crippen molar-refractivity contribution >= 4 is 34.7 Å². The predicted molar refractivity (Wildman–Crippen MR) is 115 cm³/mol. The van der Waals surface area contributed by atoms with Crippen molar-refractivity contribution < 1.29 is 9.84 Å². The smallest absolute Gasteiger partial charge is 0.141 e. The zero-order valence-electron chi connectivity index (χ0n) is 15.0. The number of rotatable bonds is 5. The van der Waals surface area contributed by atoms with Crippen LogP contribution in [0.15, 0.2) is 78.9 Å². The minimum atomic E-state index is 0.183. The molecule has 4 aromatic rings. The van der Waals surface area contributed by atoms with E-state index in [4.69, 9.17) is 16.3 Å². The summed E-state index contributed by atoms with van der Waals surface area (Å²) in [5.41, 5.74) is 3.32. The fourth-order valence-electron chi connectivity index (χ4n) is 2.91. The van der Waals surface area contributed by atoms with E-state index in [0.717, 1.165) is 28.0 Å². The highest BCUT2D eigenvalue weighted by Crippen LogP contribution is 2.24. The Morgan fingerprint density at radius 3 is 2.64 bits per heavy atom. The number of aromatic nitrogens is 1. The van der Waals surface area contributed by atoms with Crippen LogP contribution in [0.2, 0.25) is 5.02 Å². The molecular formula is C24H18ClNO2. The van der Waals surface area contributed by atoms with E-state index in [1.807, 2.05) is 84.9 Å². The van der Waals surface area contributed by atoms with Gasteiger partial charge >= 0.3 is 0 Å². The van der Waals surface area contributed by atoms with Crippen LogP contribution in [0.3, 0.4) is 0 Å². The van der Waals surface area contributed by atoms with Crippen LogP contribution in [-0.4, -0.2) is 10.1 Å². The fraction of sp³-hybridized carbons (Fsp3) is 0.0417. The summed E-state index contributed by atoms with van der Waals surface area (Å²) in [7, 11) is 0. The molecule has 0 fully saturated rings. The molecule has 3 nitrogen and oxygen atoms in total. The van der Waals surface area contributed by atoms with E-state index in [2.05, 4.69) is 4.98 Å². The zero-order chi connectivity index (χ0) is 19.3. The van der Waals surface area contributed by atoms with E-state index in [9.17, 15) is 5.11 Å². The summed E-state index contributed by atoms with van der Waals surface area (Å²) in [6.45, 7) is 0.415. The molecule has 0 radical (unpaired) electrons. The number of fused-ring (bicyclic) bond motifs is 1. The van der Waals surface area contributed by atoms with Crippen LogP contribution >= 0.6 is 11.6 Å². The molecule has 0 amide bonds. The molecular weight excluding hydrogens is 370 g/mol. The number of hydrogen-bond acceptors (Lipinski definition) is 3. The maximum Gasteiger partial charge on any atom is 0.141 e. The SMILES string of the molecule is Oc1cccc2ccc(/C=C/c3cccc(OCc4ccccc4Cl)c3)nc12. The Morgan fingerprint density at radius 1 is 0.893 bits per heavy atom. The highest BCUT2D eigenvalue weighted by molar-refractivity contribution is 6.31. The molecule has 0 unspecified atom stereocenters. The largest absolute Gasteiger partial charge is 0.506 e. The molecule has 0 spiro atoms. The lowest BCUT2D eigenvalue weighted by Crippen LogP contribution is -1.96. The normalized spacial score (nSPS) is 11.2. The van der Waals surface area contributed by atoms with Gasteiger partial charge in [-0.1, -0.05) is 66.2 Å². The van der Waals surface area contributed by atoms with Crippen molar-refractivity contribution in [3.63, 3.8) is 0 Å². The van der Waals surface area contributed by atoms with Crippen molar-refractivity contribution in [2.75, 3.05) is 0 Å². The fourth-order valence-corrected chi connectivity index (χ4v) is 3.10. The number of phenolic OH excluding ortho intramolecular Hbond substituents is 1. The molecule has 1 N–H and O–H groups in total. The summed E-state index contributed by atoms with van der Waals surface area (Å²) in [5.74, 6) is 0.953. The van der Waals surface area contributed by atoms with Crippen LogP contribution in [0.4, 0.5) is 0 Å². The van der Waals surface area contributed by atoms with E-state index >= 15 is 0 Å². The van der Waals surface area contributed by atoms with Gasteiger partial charge in [-0.3, -0.25) is 0 Å². The molecule has 0 aliphatic rings. The third kappa shape index (κ3) is 4.16. The van der Waals surface area contributed by atoms with E-state index in [1.54, 1.807) is 6.07 Å². The molecule has 0 aliphatic carbocycles. The van der Waals surface area contributed by atoms with Crippen molar-refractivity contribution in [2.24, 2.45) is 0 Å². The molecule has 138 valence electrons.